The zero-order valence-corrected chi connectivity index (χ0v) is 16.8. The first-order chi connectivity index (χ1) is 14.0. The monoisotopic (exact) mass is 403 g/mol. The minimum Gasteiger partial charge on any atom is -0.481 e. The summed E-state index contributed by atoms with van der Waals surface area (Å²) >= 11 is 0. The molecule has 7 heteroatoms. The number of piperidine rings is 1. The molecule has 4 atom stereocenters. The number of carbonyl (C=O) groups is 3. The van der Waals surface area contributed by atoms with Crippen LogP contribution < -0.4 is 0 Å². The average Bonchev–Trinajstić information content (AvgIpc) is 2.94. The molecular formula is C22H29NO6. The summed E-state index contributed by atoms with van der Waals surface area (Å²) in [6.07, 6.45) is 4.03. The molecule has 7 nitrogen and oxygen atoms in total. The highest BCUT2D eigenvalue weighted by Gasteiger charge is 2.51. The maximum Gasteiger partial charge on any atom is 0.338 e. The number of nitrogens with zero attached hydrogens (tertiary/aromatic N) is 1. The van der Waals surface area contributed by atoms with Crippen molar-refractivity contribution in [2.75, 3.05) is 13.7 Å². The van der Waals surface area contributed by atoms with E-state index in [2.05, 4.69) is 4.90 Å². The van der Waals surface area contributed by atoms with E-state index in [0.717, 1.165) is 12.8 Å². The van der Waals surface area contributed by atoms with E-state index in [1.165, 1.54) is 0 Å². The van der Waals surface area contributed by atoms with Gasteiger partial charge >= 0.3 is 17.9 Å². The third-order valence-corrected chi connectivity index (χ3v) is 6.03. The molecule has 0 saturated carbocycles. The van der Waals surface area contributed by atoms with Gasteiger partial charge in [0.25, 0.3) is 0 Å². The third kappa shape index (κ3) is 5.35. The van der Waals surface area contributed by atoms with Crippen molar-refractivity contribution in [3.8, 4) is 0 Å². The number of esters is 2. The Morgan fingerprint density at radius 1 is 1.10 bits per heavy atom. The number of rotatable bonds is 9. The van der Waals surface area contributed by atoms with Gasteiger partial charge in [0.15, 0.2) is 0 Å². The van der Waals surface area contributed by atoms with Crippen LogP contribution in [0.15, 0.2) is 30.3 Å². The SMILES string of the molecule is CN1C2CCC1C(C(=O)OCCCCCC(=O)O)C(OC(=O)c1ccccc1)C2. The summed E-state index contributed by atoms with van der Waals surface area (Å²) in [6.45, 7) is 0.258. The van der Waals surface area contributed by atoms with Crippen LogP contribution in [0.2, 0.25) is 0 Å². The van der Waals surface area contributed by atoms with Gasteiger partial charge in [-0.25, -0.2) is 4.79 Å². The second-order valence-corrected chi connectivity index (χ2v) is 7.91. The highest BCUT2D eigenvalue weighted by atomic mass is 16.6. The smallest absolute Gasteiger partial charge is 0.338 e. The van der Waals surface area contributed by atoms with Crippen LogP contribution in [0.25, 0.3) is 0 Å². The summed E-state index contributed by atoms with van der Waals surface area (Å²) in [5.74, 6) is -2.05. The van der Waals surface area contributed by atoms with E-state index in [-0.39, 0.29) is 25.0 Å². The quantitative estimate of drug-likeness (QED) is 0.500. The zero-order chi connectivity index (χ0) is 20.8. The number of benzene rings is 1. The molecule has 4 unspecified atom stereocenters. The van der Waals surface area contributed by atoms with Crippen LogP contribution in [0.1, 0.15) is 55.3 Å². The Labute approximate surface area is 171 Å². The van der Waals surface area contributed by atoms with Crippen molar-refractivity contribution in [3.63, 3.8) is 0 Å². The number of fused-ring (bicyclic) bond motifs is 2. The molecular weight excluding hydrogens is 374 g/mol. The van der Waals surface area contributed by atoms with Gasteiger partial charge in [0.1, 0.15) is 12.0 Å². The van der Waals surface area contributed by atoms with Crippen molar-refractivity contribution >= 4 is 17.9 Å². The van der Waals surface area contributed by atoms with Crippen LogP contribution in [0.5, 0.6) is 0 Å². The number of ether oxygens (including phenoxy) is 2. The summed E-state index contributed by atoms with van der Waals surface area (Å²) in [7, 11) is 2.02. The van der Waals surface area contributed by atoms with Gasteiger partial charge in [0, 0.05) is 24.9 Å². The molecule has 2 fully saturated rings. The molecule has 158 valence electrons. The van der Waals surface area contributed by atoms with Crippen molar-refractivity contribution in [1.82, 2.24) is 4.90 Å². The van der Waals surface area contributed by atoms with E-state index in [4.69, 9.17) is 14.6 Å². The molecule has 0 aliphatic carbocycles. The number of aliphatic carboxylic acids is 1. The Morgan fingerprint density at radius 2 is 1.86 bits per heavy atom. The molecule has 2 saturated heterocycles. The van der Waals surface area contributed by atoms with E-state index in [9.17, 15) is 14.4 Å². The Kier molecular flexibility index (Phi) is 7.25. The second-order valence-electron chi connectivity index (χ2n) is 7.91. The molecule has 2 aliphatic rings. The van der Waals surface area contributed by atoms with Gasteiger partial charge in [0.2, 0.25) is 0 Å². The fraction of sp³-hybridized carbons (Fsp3) is 0.591. The molecule has 0 radical (unpaired) electrons. The molecule has 2 bridgehead atoms. The lowest BCUT2D eigenvalue weighted by Gasteiger charge is -2.40. The van der Waals surface area contributed by atoms with Crippen LogP contribution >= 0.6 is 0 Å². The lowest BCUT2D eigenvalue weighted by Crippen LogP contribution is -2.53. The number of carbonyl (C=O) groups excluding carboxylic acids is 2. The number of unbranched alkanes of at least 4 members (excludes halogenated alkanes) is 2. The number of hydrogen-bond donors (Lipinski definition) is 1. The average molecular weight is 403 g/mol. The van der Waals surface area contributed by atoms with Crippen molar-refractivity contribution < 1.29 is 29.0 Å². The third-order valence-electron chi connectivity index (χ3n) is 6.03. The summed E-state index contributed by atoms with van der Waals surface area (Å²) in [5, 5.41) is 8.67. The Morgan fingerprint density at radius 3 is 2.59 bits per heavy atom. The number of hydrogen-bond acceptors (Lipinski definition) is 6. The Bertz CT molecular complexity index is 721. The minimum atomic E-state index is -0.814. The topological polar surface area (TPSA) is 93.1 Å². The lowest BCUT2D eigenvalue weighted by atomic mass is 9.87. The van der Waals surface area contributed by atoms with Crippen LogP contribution in [0, 0.1) is 5.92 Å². The number of carboxylic acid groups (broad SMARTS) is 1. The molecule has 0 spiro atoms. The van der Waals surface area contributed by atoms with Gasteiger partial charge in [0.05, 0.1) is 12.2 Å². The van der Waals surface area contributed by atoms with Crippen molar-refractivity contribution in [2.24, 2.45) is 5.92 Å². The summed E-state index contributed by atoms with van der Waals surface area (Å²) < 4.78 is 11.3. The van der Waals surface area contributed by atoms with Gasteiger partial charge in [-0.1, -0.05) is 18.2 Å². The first kappa shape index (κ1) is 21.3. The van der Waals surface area contributed by atoms with Crippen molar-refractivity contribution in [3.05, 3.63) is 35.9 Å². The van der Waals surface area contributed by atoms with Gasteiger partial charge in [-0.15, -0.1) is 0 Å². The molecule has 1 N–H and O–H groups in total. The second kappa shape index (κ2) is 9.87. The maximum atomic E-state index is 12.9. The highest BCUT2D eigenvalue weighted by Crippen LogP contribution is 2.40. The van der Waals surface area contributed by atoms with Gasteiger partial charge < -0.3 is 14.6 Å². The fourth-order valence-electron chi connectivity index (χ4n) is 4.45. The van der Waals surface area contributed by atoms with E-state index in [1.807, 2.05) is 13.1 Å². The number of carboxylic acids is 1. The molecule has 1 aromatic rings. The normalized spacial score (nSPS) is 26.1. The van der Waals surface area contributed by atoms with Crippen LogP contribution in [-0.4, -0.2) is 59.8 Å². The summed E-state index contributed by atoms with van der Waals surface area (Å²) in [6, 6.07) is 9.14. The van der Waals surface area contributed by atoms with E-state index < -0.39 is 24.0 Å². The van der Waals surface area contributed by atoms with Gasteiger partial charge in [-0.3, -0.25) is 14.5 Å². The summed E-state index contributed by atoms with van der Waals surface area (Å²) in [4.78, 5) is 38.2. The lowest BCUT2D eigenvalue weighted by molar-refractivity contribution is -0.159. The maximum absolute atomic E-state index is 12.9. The van der Waals surface area contributed by atoms with E-state index in [0.29, 0.717) is 37.3 Å². The van der Waals surface area contributed by atoms with Gasteiger partial charge in [-0.05, 0) is 51.3 Å². The molecule has 1 aromatic carbocycles. The van der Waals surface area contributed by atoms with E-state index >= 15 is 0 Å². The molecule has 0 aromatic heterocycles. The highest BCUT2D eigenvalue weighted by molar-refractivity contribution is 5.89. The predicted molar refractivity (Wildman–Crippen MR) is 105 cm³/mol. The molecule has 2 heterocycles. The molecule has 0 amide bonds. The first-order valence-electron chi connectivity index (χ1n) is 10.3. The minimum absolute atomic E-state index is 0.0156. The van der Waals surface area contributed by atoms with Crippen LogP contribution in [0.4, 0.5) is 0 Å². The summed E-state index contributed by atoms with van der Waals surface area (Å²) in [5.41, 5.74) is 0.476. The van der Waals surface area contributed by atoms with Crippen LogP contribution in [0.3, 0.4) is 0 Å². The van der Waals surface area contributed by atoms with E-state index in [1.54, 1.807) is 24.3 Å². The predicted octanol–water partition coefficient (Wildman–Crippen LogP) is 2.88. The molecule has 29 heavy (non-hydrogen) atoms. The largest absolute Gasteiger partial charge is 0.481 e. The van der Waals surface area contributed by atoms with Crippen molar-refractivity contribution in [1.29, 1.82) is 0 Å². The zero-order valence-electron chi connectivity index (χ0n) is 16.8. The first-order valence-corrected chi connectivity index (χ1v) is 10.3. The molecule has 3 rings (SSSR count). The Balaban J connectivity index is 1.58. The fourth-order valence-corrected chi connectivity index (χ4v) is 4.45. The van der Waals surface area contributed by atoms with Crippen LogP contribution in [-0.2, 0) is 19.1 Å². The molecule has 2 aliphatic heterocycles. The Hall–Kier alpha value is -2.41. The standard InChI is InChI=1S/C22H29NO6/c1-23-16-11-12-17(23)20(22(27)28-13-7-3-6-10-19(24)25)18(14-16)29-21(26)15-8-4-2-5-9-15/h2,4-5,8-9,16-18,20H,3,6-7,10-14H2,1H3,(H,24,25). The van der Waals surface area contributed by atoms with Gasteiger partial charge in [-0.2, -0.15) is 0 Å². The van der Waals surface area contributed by atoms with Crippen molar-refractivity contribution in [2.45, 2.75) is 63.1 Å².